The highest BCUT2D eigenvalue weighted by molar-refractivity contribution is 6.29. The first-order chi connectivity index (χ1) is 5.79. The summed E-state index contributed by atoms with van der Waals surface area (Å²) in [4.78, 5) is 0. The van der Waals surface area contributed by atoms with Crippen LogP contribution in [0.3, 0.4) is 0 Å². The highest BCUT2D eigenvalue weighted by Gasteiger charge is 2.10. The van der Waals surface area contributed by atoms with Gasteiger partial charge in [-0.25, -0.2) is 0 Å². The Bertz CT molecular complexity index is 147. The lowest BCUT2D eigenvalue weighted by Crippen LogP contribution is -2.30. The molecular weight excluding hydrogens is 205 g/mol. The maximum Gasteiger partial charge on any atom is 0.0151 e. The summed E-state index contributed by atoms with van der Waals surface area (Å²) in [6.07, 6.45) is 8.92. The number of allylic oxidation sites excluding steroid dienone is 1. The minimum absolute atomic E-state index is 0. The highest BCUT2D eigenvalue weighted by atomic mass is 35.5. The van der Waals surface area contributed by atoms with Crippen LogP contribution in [0.2, 0.25) is 0 Å². The largest absolute Gasteiger partial charge is 0.310 e. The van der Waals surface area contributed by atoms with Crippen molar-refractivity contribution in [2.24, 2.45) is 0 Å². The third-order valence-corrected chi connectivity index (χ3v) is 2.55. The van der Waals surface area contributed by atoms with E-state index in [-0.39, 0.29) is 12.4 Å². The van der Waals surface area contributed by atoms with Crippen LogP contribution in [0.4, 0.5) is 0 Å². The second-order valence-corrected chi connectivity index (χ2v) is 4.13. The van der Waals surface area contributed by atoms with Crippen molar-refractivity contribution < 1.29 is 0 Å². The molecule has 1 fully saturated rings. The average Bonchev–Trinajstić information content (AvgIpc) is 2.05. The fourth-order valence-electron chi connectivity index (χ4n) is 1.67. The van der Waals surface area contributed by atoms with Crippen LogP contribution in [0.1, 0.15) is 39.0 Å². The van der Waals surface area contributed by atoms with Gasteiger partial charge in [-0.3, -0.25) is 0 Å². The van der Waals surface area contributed by atoms with Gasteiger partial charge < -0.3 is 5.32 Å². The summed E-state index contributed by atoms with van der Waals surface area (Å²) in [7, 11) is 0. The Hall–Kier alpha value is 0.280. The lowest BCUT2D eigenvalue weighted by Gasteiger charge is -2.22. The summed E-state index contributed by atoms with van der Waals surface area (Å²) >= 11 is 5.72. The molecule has 0 radical (unpaired) electrons. The Labute approximate surface area is 92.3 Å². The quantitative estimate of drug-likeness (QED) is 0.773. The molecule has 0 spiro atoms. The molecule has 0 aromatic heterocycles. The summed E-state index contributed by atoms with van der Waals surface area (Å²) in [5, 5.41) is 4.38. The van der Waals surface area contributed by atoms with Crippen molar-refractivity contribution >= 4 is 24.0 Å². The lowest BCUT2D eigenvalue weighted by atomic mass is 9.95. The van der Waals surface area contributed by atoms with Crippen molar-refractivity contribution in [1.29, 1.82) is 0 Å². The van der Waals surface area contributed by atoms with Crippen LogP contribution >= 0.6 is 24.0 Å². The Kier molecular flexibility index (Phi) is 7.83. The first-order valence-electron chi connectivity index (χ1n) is 4.84. The van der Waals surface area contributed by atoms with Gasteiger partial charge in [-0.15, -0.1) is 12.4 Å². The molecular formula is C10H19Cl2N. The SMILES string of the molecule is C/C(Cl)=C/CNC1CCCCC1.Cl. The summed E-state index contributed by atoms with van der Waals surface area (Å²) in [5.74, 6) is 0. The number of rotatable bonds is 3. The summed E-state index contributed by atoms with van der Waals surface area (Å²) in [6.45, 7) is 2.85. The predicted molar refractivity (Wildman–Crippen MR) is 61.7 cm³/mol. The predicted octanol–water partition coefficient (Wildman–Crippen LogP) is 3.47. The van der Waals surface area contributed by atoms with Gasteiger partial charge in [0.1, 0.15) is 0 Å². The van der Waals surface area contributed by atoms with Gasteiger partial charge in [0.15, 0.2) is 0 Å². The first-order valence-corrected chi connectivity index (χ1v) is 5.22. The normalized spacial score (nSPS) is 19.7. The maximum atomic E-state index is 5.72. The van der Waals surface area contributed by atoms with Gasteiger partial charge in [0.25, 0.3) is 0 Å². The van der Waals surface area contributed by atoms with Gasteiger partial charge in [0.05, 0.1) is 0 Å². The van der Waals surface area contributed by atoms with Crippen LogP contribution in [-0.2, 0) is 0 Å². The topological polar surface area (TPSA) is 12.0 Å². The molecule has 1 rings (SSSR count). The number of hydrogen-bond donors (Lipinski definition) is 1. The number of hydrogen-bond acceptors (Lipinski definition) is 1. The zero-order chi connectivity index (χ0) is 8.81. The maximum absolute atomic E-state index is 5.72. The molecule has 0 aliphatic heterocycles. The molecule has 78 valence electrons. The fraction of sp³-hybridized carbons (Fsp3) is 0.800. The van der Waals surface area contributed by atoms with Crippen LogP contribution in [0.15, 0.2) is 11.1 Å². The van der Waals surface area contributed by atoms with Crippen molar-refractivity contribution in [3.63, 3.8) is 0 Å². The van der Waals surface area contributed by atoms with Crippen molar-refractivity contribution in [3.05, 3.63) is 11.1 Å². The molecule has 1 aliphatic carbocycles. The third kappa shape index (κ3) is 6.36. The van der Waals surface area contributed by atoms with Crippen LogP contribution in [0, 0.1) is 0 Å². The van der Waals surface area contributed by atoms with E-state index < -0.39 is 0 Å². The van der Waals surface area contributed by atoms with E-state index in [4.69, 9.17) is 11.6 Å². The second kappa shape index (κ2) is 7.66. The Balaban J connectivity index is 0.00000144. The highest BCUT2D eigenvalue weighted by Crippen LogP contribution is 2.17. The van der Waals surface area contributed by atoms with Crippen LogP contribution < -0.4 is 5.32 Å². The summed E-state index contributed by atoms with van der Waals surface area (Å²) < 4.78 is 0. The number of halogens is 2. The molecule has 1 nitrogen and oxygen atoms in total. The van der Waals surface area contributed by atoms with E-state index in [1.54, 1.807) is 0 Å². The van der Waals surface area contributed by atoms with Crippen LogP contribution in [0.5, 0.6) is 0 Å². The monoisotopic (exact) mass is 223 g/mol. The van der Waals surface area contributed by atoms with Gasteiger partial charge in [0.2, 0.25) is 0 Å². The Morgan fingerprint density at radius 2 is 2.00 bits per heavy atom. The van der Waals surface area contributed by atoms with Crippen LogP contribution in [-0.4, -0.2) is 12.6 Å². The molecule has 0 aromatic carbocycles. The van der Waals surface area contributed by atoms with Crippen molar-refractivity contribution in [1.82, 2.24) is 5.32 Å². The molecule has 0 heterocycles. The molecule has 0 atom stereocenters. The van der Waals surface area contributed by atoms with E-state index >= 15 is 0 Å². The second-order valence-electron chi connectivity index (χ2n) is 3.53. The zero-order valence-electron chi connectivity index (χ0n) is 8.18. The van der Waals surface area contributed by atoms with Gasteiger partial charge in [-0.1, -0.05) is 36.9 Å². The van der Waals surface area contributed by atoms with Crippen LogP contribution in [0.25, 0.3) is 0 Å². The minimum Gasteiger partial charge on any atom is -0.310 e. The molecule has 0 bridgehead atoms. The minimum atomic E-state index is 0. The first kappa shape index (κ1) is 13.3. The summed E-state index contributed by atoms with van der Waals surface area (Å²) in [6, 6.07) is 0.742. The van der Waals surface area contributed by atoms with E-state index in [0.29, 0.717) is 0 Å². The molecule has 1 N–H and O–H groups in total. The lowest BCUT2D eigenvalue weighted by molar-refractivity contribution is 0.385. The van der Waals surface area contributed by atoms with E-state index in [1.807, 2.05) is 13.0 Å². The van der Waals surface area contributed by atoms with Gasteiger partial charge >= 0.3 is 0 Å². The zero-order valence-corrected chi connectivity index (χ0v) is 9.76. The molecule has 3 heteroatoms. The third-order valence-electron chi connectivity index (χ3n) is 2.40. The molecule has 0 aromatic rings. The van der Waals surface area contributed by atoms with E-state index in [9.17, 15) is 0 Å². The molecule has 0 saturated heterocycles. The summed E-state index contributed by atoms with van der Waals surface area (Å²) in [5.41, 5.74) is 0. The average molecular weight is 224 g/mol. The molecule has 13 heavy (non-hydrogen) atoms. The smallest absolute Gasteiger partial charge is 0.0151 e. The van der Waals surface area contributed by atoms with Gasteiger partial charge in [-0.2, -0.15) is 0 Å². The van der Waals surface area contributed by atoms with Crippen molar-refractivity contribution in [3.8, 4) is 0 Å². The van der Waals surface area contributed by atoms with E-state index in [2.05, 4.69) is 5.32 Å². The van der Waals surface area contributed by atoms with Crippen molar-refractivity contribution in [2.75, 3.05) is 6.54 Å². The molecule has 0 amide bonds. The van der Waals surface area contributed by atoms with E-state index in [1.165, 1.54) is 32.1 Å². The standard InChI is InChI=1S/C10H18ClN.ClH/c1-9(11)7-8-12-10-5-3-2-4-6-10;/h7,10,12H,2-6,8H2,1H3;1H/b9-7-;. The van der Waals surface area contributed by atoms with Crippen molar-refractivity contribution in [2.45, 2.75) is 45.1 Å². The Morgan fingerprint density at radius 3 is 2.54 bits per heavy atom. The van der Waals surface area contributed by atoms with Gasteiger partial charge in [-0.05, 0) is 19.8 Å². The molecule has 1 aliphatic rings. The number of nitrogens with one attached hydrogen (secondary N) is 1. The Morgan fingerprint density at radius 1 is 1.38 bits per heavy atom. The molecule has 1 saturated carbocycles. The molecule has 0 unspecified atom stereocenters. The van der Waals surface area contributed by atoms with E-state index in [0.717, 1.165) is 17.6 Å². The van der Waals surface area contributed by atoms with Gasteiger partial charge in [0, 0.05) is 17.6 Å². The fourth-order valence-corrected chi connectivity index (χ4v) is 1.75.